The molecule has 0 saturated carbocycles. The molecule has 0 aliphatic heterocycles. The average Bonchev–Trinajstić information content (AvgIpc) is 2.22. The monoisotopic (exact) mass is 213 g/mol. The third-order valence-electron chi connectivity index (χ3n) is 1.64. The van der Waals surface area contributed by atoms with Crippen molar-refractivity contribution in [1.82, 2.24) is 5.32 Å². The summed E-state index contributed by atoms with van der Waals surface area (Å²) in [6, 6.07) is -0.434. The number of hydrogen-bond acceptors (Lipinski definition) is 4. The summed E-state index contributed by atoms with van der Waals surface area (Å²) in [5.41, 5.74) is 0. The van der Waals surface area contributed by atoms with Crippen LogP contribution in [-0.4, -0.2) is 32.3 Å². The number of ether oxygens (including phenoxy) is 2. The SMILES string of the molecule is COC(=O)C#C[C@@H](NC(=O)OC)C(C)C. The Balaban J connectivity index is 4.45. The molecule has 5 heteroatoms. The summed E-state index contributed by atoms with van der Waals surface area (Å²) in [6.45, 7) is 3.74. The lowest BCUT2D eigenvalue weighted by Crippen LogP contribution is -2.37. The number of methoxy groups -OCH3 is 2. The van der Waals surface area contributed by atoms with Crippen LogP contribution in [0.3, 0.4) is 0 Å². The number of esters is 1. The highest BCUT2D eigenvalue weighted by molar-refractivity contribution is 5.88. The number of nitrogens with one attached hydrogen (secondary N) is 1. The van der Waals surface area contributed by atoms with Crippen molar-refractivity contribution in [3.63, 3.8) is 0 Å². The maximum Gasteiger partial charge on any atom is 0.407 e. The molecule has 0 heterocycles. The fraction of sp³-hybridized carbons (Fsp3) is 0.600. The van der Waals surface area contributed by atoms with Gasteiger partial charge in [-0.1, -0.05) is 19.8 Å². The van der Waals surface area contributed by atoms with E-state index in [2.05, 4.69) is 26.6 Å². The molecule has 0 rings (SSSR count). The summed E-state index contributed by atoms with van der Waals surface area (Å²) in [6.07, 6.45) is -0.576. The predicted octanol–water partition coefficient (Wildman–Crippen LogP) is 0.543. The van der Waals surface area contributed by atoms with Crippen LogP contribution >= 0.6 is 0 Å². The molecule has 0 aromatic carbocycles. The Morgan fingerprint density at radius 1 is 1.20 bits per heavy atom. The lowest BCUT2D eigenvalue weighted by Gasteiger charge is -2.15. The Morgan fingerprint density at radius 3 is 2.20 bits per heavy atom. The van der Waals surface area contributed by atoms with Crippen molar-refractivity contribution in [3.8, 4) is 11.8 Å². The topological polar surface area (TPSA) is 64.6 Å². The molecule has 0 fully saturated rings. The van der Waals surface area contributed by atoms with Gasteiger partial charge in [0, 0.05) is 5.92 Å². The van der Waals surface area contributed by atoms with E-state index in [1.54, 1.807) is 0 Å². The molecule has 0 aliphatic rings. The van der Waals surface area contributed by atoms with E-state index >= 15 is 0 Å². The summed E-state index contributed by atoms with van der Waals surface area (Å²) in [7, 11) is 2.51. The fourth-order valence-electron chi connectivity index (χ4n) is 0.743. The van der Waals surface area contributed by atoms with Crippen molar-refractivity contribution in [2.75, 3.05) is 14.2 Å². The summed E-state index contributed by atoms with van der Waals surface area (Å²) in [5, 5.41) is 2.50. The second kappa shape index (κ2) is 6.71. The molecule has 84 valence electrons. The zero-order valence-corrected chi connectivity index (χ0v) is 9.29. The Hall–Kier alpha value is -1.70. The molecule has 1 N–H and O–H groups in total. The summed E-state index contributed by atoms with van der Waals surface area (Å²) < 4.78 is 8.79. The highest BCUT2D eigenvalue weighted by Crippen LogP contribution is 2.00. The Bertz CT molecular complexity index is 288. The highest BCUT2D eigenvalue weighted by Gasteiger charge is 2.13. The smallest absolute Gasteiger partial charge is 0.407 e. The summed E-state index contributed by atoms with van der Waals surface area (Å²) >= 11 is 0. The van der Waals surface area contributed by atoms with Crippen LogP contribution in [0.1, 0.15) is 13.8 Å². The third-order valence-corrected chi connectivity index (χ3v) is 1.64. The van der Waals surface area contributed by atoms with Gasteiger partial charge < -0.3 is 14.8 Å². The molecule has 0 spiro atoms. The minimum absolute atomic E-state index is 0.0706. The molecule has 0 aromatic rings. The Labute approximate surface area is 89.1 Å². The number of amides is 1. The van der Waals surface area contributed by atoms with Crippen molar-refractivity contribution in [1.29, 1.82) is 0 Å². The Kier molecular flexibility index (Phi) is 5.95. The van der Waals surface area contributed by atoms with Gasteiger partial charge in [0.05, 0.1) is 20.3 Å². The van der Waals surface area contributed by atoms with Gasteiger partial charge in [0.1, 0.15) is 0 Å². The predicted molar refractivity (Wildman–Crippen MR) is 54.0 cm³/mol. The second-order valence-electron chi connectivity index (χ2n) is 3.12. The quantitative estimate of drug-likeness (QED) is 0.413. The first-order valence-electron chi connectivity index (χ1n) is 4.45. The number of rotatable bonds is 2. The van der Waals surface area contributed by atoms with Crippen LogP contribution in [-0.2, 0) is 14.3 Å². The van der Waals surface area contributed by atoms with Crippen LogP contribution in [0.15, 0.2) is 0 Å². The maximum absolute atomic E-state index is 10.9. The van der Waals surface area contributed by atoms with Crippen LogP contribution in [0.25, 0.3) is 0 Å². The van der Waals surface area contributed by atoms with E-state index in [-0.39, 0.29) is 5.92 Å². The van der Waals surface area contributed by atoms with Crippen molar-refractivity contribution in [2.24, 2.45) is 5.92 Å². The minimum atomic E-state index is -0.632. The van der Waals surface area contributed by atoms with Gasteiger partial charge in [-0.25, -0.2) is 9.59 Å². The van der Waals surface area contributed by atoms with Crippen molar-refractivity contribution >= 4 is 12.1 Å². The van der Waals surface area contributed by atoms with Crippen molar-refractivity contribution < 1.29 is 19.1 Å². The Morgan fingerprint density at radius 2 is 1.80 bits per heavy atom. The normalized spacial score (nSPS) is 11.0. The van der Waals surface area contributed by atoms with Gasteiger partial charge >= 0.3 is 12.1 Å². The van der Waals surface area contributed by atoms with Crippen LogP contribution < -0.4 is 5.32 Å². The van der Waals surface area contributed by atoms with Crippen molar-refractivity contribution in [3.05, 3.63) is 0 Å². The van der Waals surface area contributed by atoms with Crippen LogP contribution in [0.2, 0.25) is 0 Å². The largest absolute Gasteiger partial charge is 0.459 e. The van der Waals surface area contributed by atoms with Gasteiger partial charge in [0.2, 0.25) is 0 Å². The molecule has 0 aromatic heterocycles. The molecule has 0 aliphatic carbocycles. The van der Waals surface area contributed by atoms with Crippen LogP contribution in [0.5, 0.6) is 0 Å². The second-order valence-corrected chi connectivity index (χ2v) is 3.12. The lowest BCUT2D eigenvalue weighted by molar-refractivity contribution is -0.133. The molecule has 1 atom stereocenters. The van der Waals surface area contributed by atoms with E-state index in [0.29, 0.717) is 0 Å². The number of hydrogen-bond donors (Lipinski definition) is 1. The summed E-state index contributed by atoms with van der Waals surface area (Å²) in [5.74, 6) is 4.30. The molecule has 1 amide bonds. The minimum Gasteiger partial charge on any atom is -0.459 e. The van der Waals surface area contributed by atoms with Gasteiger partial charge in [-0.3, -0.25) is 0 Å². The van der Waals surface area contributed by atoms with E-state index in [4.69, 9.17) is 0 Å². The molecule has 0 saturated heterocycles. The van der Waals surface area contributed by atoms with Gasteiger partial charge in [-0.05, 0) is 5.92 Å². The van der Waals surface area contributed by atoms with E-state index in [1.165, 1.54) is 14.2 Å². The van der Waals surface area contributed by atoms with Gasteiger partial charge in [0.25, 0.3) is 0 Å². The number of carbonyl (C=O) groups is 2. The van der Waals surface area contributed by atoms with E-state index in [1.807, 2.05) is 13.8 Å². The highest BCUT2D eigenvalue weighted by atomic mass is 16.5. The third kappa shape index (κ3) is 5.57. The number of carbonyl (C=O) groups excluding carboxylic acids is 2. The fourth-order valence-corrected chi connectivity index (χ4v) is 0.743. The van der Waals surface area contributed by atoms with Gasteiger partial charge in [-0.2, -0.15) is 0 Å². The van der Waals surface area contributed by atoms with Crippen molar-refractivity contribution in [2.45, 2.75) is 19.9 Å². The molecular formula is C10H15NO4. The first-order chi connectivity index (χ1) is 7.01. The standard InChI is InChI=1S/C10H15NO4/c1-7(2)8(11-10(13)15-4)5-6-9(12)14-3/h7-8H,1-4H3,(H,11,13)/t8-/m1/s1. The molecule has 0 bridgehead atoms. The molecule has 15 heavy (non-hydrogen) atoms. The van der Waals surface area contributed by atoms with Gasteiger partial charge in [-0.15, -0.1) is 0 Å². The summed E-state index contributed by atoms with van der Waals surface area (Å²) in [4.78, 5) is 21.7. The maximum atomic E-state index is 10.9. The average molecular weight is 213 g/mol. The molecule has 5 nitrogen and oxygen atoms in total. The van der Waals surface area contributed by atoms with Crippen LogP contribution in [0.4, 0.5) is 4.79 Å². The van der Waals surface area contributed by atoms with E-state index < -0.39 is 18.1 Å². The number of alkyl carbamates (subject to hydrolysis) is 1. The van der Waals surface area contributed by atoms with E-state index in [0.717, 1.165) is 0 Å². The molecule has 0 unspecified atom stereocenters. The zero-order chi connectivity index (χ0) is 11.8. The van der Waals surface area contributed by atoms with Crippen LogP contribution in [0, 0.1) is 17.8 Å². The first-order valence-corrected chi connectivity index (χ1v) is 4.45. The molecular weight excluding hydrogens is 198 g/mol. The van der Waals surface area contributed by atoms with E-state index in [9.17, 15) is 9.59 Å². The first kappa shape index (κ1) is 13.3. The molecule has 0 radical (unpaired) electrons. The zero-order valence-electron chi connectivity index (χ0n) is 9.29. The lowest BCUT2D eigenvalue weighted by atomic mass is 10.1. The van der Waals surface area contributed by atoms with Gasteiger partial charge in [0.15, 0.2) is 0 Å².